The van der Waals surface area contributed by atoms with Crippen molar-refractivity contribution in [3.63, 3.8) is 0 Å². The van der Waals surface area contributed by atoms with Gasteiger partial charge in [-0.05, 0) is 12.1 Å². The summed E-state index contributed by atoms with van der Waals surface area (Å²) in [6.07, 6.45) is -4.86. The molecule has 0 saturated carbocycles. The Labute approximate surface area is 164 Å². The lowest BCUT2D eigenvalue weighted by Crippen LogP contribution is -2.20. The summed E-state index contributed by atoms with van der Waals surface area (Å²) in [4.78, 5) is 21.6. The molecular formula is C15H8Cl3F4NO4. The molecule has 1 aromatic carbocycles. The van der Waals surface area contributed by atoms with Crippen molar-refractivity contribution in [1.29, 1.82) is 0 Å². The molecule has 12 heteroatoms. The number of benzene rings is 1. The third kappa shape index (κ3) is 4.15. The van der Waals surface area contributed by atoms with Crippen LogP contribution in [0.2, 0.25) is 15.2 Å². The number of carbonyl (C=O) groups is 2. The first-order chi connectivity index (χ1) is 12.4. The number of aromatic nitrogens is 1. The molecule has 0 amide bonds. The average molecular weight is 449 g/mol. The number of ether oxygens (including phenoxy) is 1. The summed E-state index contributed by atoms with van der Waals surface area (Å²) in [7, 11) is 0.997. The van der Waals surface area contributed by atoms with Crippen molar-refractivity contribution in [2.45, 2.75) is 6.18 Å². The lowest BCUT2D eigenvalue weighted by atomic mass is 10.1. The molecule has 0 aliphatic rings. The molecule has 0 bridgehead atoms. The molecule has 0 atom stereocenters. The molecule has 5 nitrogen and oxygen atoms in total. The van der Waals surface area contributed by atoms with Crippen molar-refractivity contribution in [3.8, 4) is 16.9 Å². The molecule has 0 aliphatic heterocycles. The van der Waals surface area contributed by atoms with E-state index in [1.165, 1.54) is 0 Å². The second-order valence-corrected chi connectivity index (χ2v) is 6.31. The molecule has 0 saturated heterocycles. The fourth-order valence-electron chi connectivity index (χ4n) is 2.20. The maximum atomic E-state index is 14.3. The molecule has 27 heavy (non-hydrogen) atoms. The van der Waals surface area contributed by atoms with Gasteiger partial charge in [0.05, 0.1) is 10.0 Å². The monoisotopic (exact) mass is 447 g/mol. The number of nitrogens with zero attached hydrogens (tertiary/aromatic N) is 1. The number of Topliss-reactive ketones (excluding diaryl/α,β-unsaturated/α-hetero) is 1. The van der Waals surface area contributed by atoms with Gasteiger partial charge < -0.3 is 14.4 Å². The summed E-state index contributed by atoms with van der Waals surface area (Å²) in [5, 5.41) is 6.84. The van der Waals surface area contributed by atoms with E-state index >= 15 is 0 Å². The highest BCUT2D eigenvalue weighted by Crippen LogP contribution is 2.47. The molecule has 1 aromatic heterocycles. The van der Waals surface area contributed by atoms with Crippen LogP contribution in [0.3, 0.4) is 0 Å². The van der Waals surface area contributed by atoms with Crippen LogP contribution in [0.5, 0.6) is 5.75 Å². The number of alkyl halides is 3. The van der Waals surface area contributed by atoms with Gasteiger partial charge in [0.15, 0.2) is 6.61 Å². The van der Waals surface area contributed by atoms with Gasteiger partial charge in [0, 0.05) is 18.2 Å². The summed E-state index contributed by atoms with van der Waals surface area (Å²) in [5.41, 5.74) is -2.22. The predicted octanol–water partition coefficient (Wildman–Crippen LogP) is 4.84. The van der Waals surface area contributed by atoms with E-state index in [9.17, 15) is 27.2 Å². The van der Waals surface area contributed by atoms with E-state index in [1.54, 1.807) is 0 Å². The van der Waals surface area contributed by atoms with Crippen LogP contribution in [0.25, 0.3) is 11.1 Å². The average Bonchev–Trinajstić information content (AvgIpc) is 2.76. The Kier molecular flexibility index (Phi) is 5.98. The molecule has 1 N–H and O–H groups in total. The molecule has 0 spiro atoms. The second-order valence-electron chi connectivity index (χ2n) is 5.16. The molecular weight excluding hydrogens is 441 g/mol. The van der Waals surface area contributed by atoms with E-state index in [0.29, 0.717) is 10.6 Å². The number of rotatable bonds is 5. The van der Waals surface area contributed by atoms with Crippen LogP contribution < -0.4 is 4.74 Å². The zero-order valence-electron chi connectivity index (χ0n) is 13.1. The fraction of sp³-hybridized carbons (Fsp3) is 0.200. The summed E-state index contributed by atoms with van der Waals surface area (Å²) < 4.78 is 59.2. The Morgan fingerprint density at radius 1 is 1.22 bits per heavy atom. The van der Waals surface area contributed by atoms with Crippen LogP contribution in [0.1, 0.15) is 5.69 Å². The molecule has 0 radical (unpaired) electrons. The highest BCUT2D eigenvalue weighted by molar-refractivity contribution is 6.40. The van der Waals surface area contributed by atoms with E-state index in [0.717, 1.165) is 13.1 Å². The van der Waals surface area contributed by atoms with Crippen molar-refractivity contribution in [2.75, 3.05) is 6.61 Å². The Morgan fingerprint density at radius 2 is 1.81 bits per heavy atom. The summed E-state index contributed by atoms with van der Waals surface area (Å²) in [6, 6.07) is 1.59. The number of aliphatic carboxylic acids is 1. The Hall–Kier alpha value is -1.97. The van der Waals surface area contributed by atoms with Crippen LogP contribution in [-0.4, -0.2) is 28.0 Å². The molecule has 0 unspecified atom stereocenters. The van der Waals surface area contributed by atoms with Gasteiger partial charge in [-0.15, -0.1) is 0 Å². The number of hydrogen-bond acceptors (Lipinski definition) is 3. The molecule has 2 aromatic rings. The third-order valence-electron chi connectivity index (χ3n) is 3.42. The van der Waals surface area contributed by atoms with Crippen molar-refractivity contribution in [3.05, 3.63) is 38.8 Å². The molecule has 1 heterocycles. The minimum atomic E-state index is -4.86. The van der Waals surface area contributed by atoms with E-state index < -0.39 is 57.3 Å². The smallest absolute Gasteiger partial charge is 0.432 e. The highest BCUT2D eigenvalue weighted by Gasteiger charge is 2.40. The molecule has 2 rings (SSSR count). The maximum absolute atomic E-state index is 14.3. The first kappa shape index (κ1) is 21.3. The largest absolute Gasteiger partial charge is 0.484 e. The van der Waals surface area contributed by atoms with Crippen molar-refractivity contribution in [2.24, 2.45) is 7.05 Å². The molecule has 146 valence electrons. The van der Waals surface area contributed by atoms with Crippen molar-refractivity contribution >= 4 is 46.6 Å². The van der Waals surface area contributed by atoms with Gasteiger partial charge in [0.1, 0.15) is 22.4 Å². The fourth-order valence-corrected chi connectivity index (χ4v) is 3.16. The van der Waals surface area contributed by atoms with Crippen LogP contribution in [0.15, 0.2) is 12.1 Å². The quantitative estimate of drug-likeness (QED) is 0.525. The van der Waals surface area contributed by atoms with E-state index in [4.69, 9.17) is 44.6 Å². The van der Waals surface area contributed by atoms with E-state index in [2.05, 4.69) is 0 Å². The lowest BCUT2D eigenvalue weighted by molar-refractivity contribution is -0.150. The Morgan fingerprint density at radius 3 is 2.30 bits per heavy atom. The van der Waals surface area contributed by atoms with Crippen LogP contribution in [-0.2, 0) is 22.8 Å². The lowest BCUT2D eigenvalue weighted by Gasteiger charge is -2.10. The number of halogens is 7. The SMILES string of the molecule is Cn1c(Cl)c(-c2cc(OCC(=O)C(=O)O)c(Cl)cc2F)c(Cl)c1C(F)(F)F. The molecule has 0 aliphatic carbocycles. The second kappa shape index (κ2) is 7.57. The Balaban J connectivity index is 2.59. The highest BCUT2D eigenvalue weighted by atomic mass is 35.5. The number of hydrogen-bond donors (Lipinski definition) is 1. The van der Waals surface area contributed by atoms with Gasteiger partial charge in [0.2, 0.25) is 0 Å². The van der Waals surface area contributed by atoms with Gasteiger partial charge in [-0.1, -0.05) is 34.8 Å². The third-order valence-corrected chi connectivity index (χ3v) is 4.53. The molecule has 0 fully saturated rings. The van der Waals surface area contributed by atoms with Crippen molar-refractivity contribution in [1.82, 2.24) is 4.57 Å². The summed E-state index contributed by atoms with van der Waals surface area (Å²) in [6.45, 7) is -0.926. The van der Waals surface area contributed by atoms with Gasteiger partial charge >= 0.3 is 12.1 Å². The van der Waals surface area contributed by atoms with E-state index in [1.807, 2.05) is 0 Å². The predicted molar refractivity (Wildman–Crippen MR) is 89.0 cm³/mol. The van der Waals surface area contributed by atoms with Crippen LogP contribution in [0, 0.1) is 5.82 Å². The Bertz CT molecular complexity index is 940. The van der Waals surface area contributed by atoms with Crippen LogP contribution in [0.4, 0.5) is 17.6 Å². The van der Waals surface area contributed by atoms with Gasteiger partial charge in [0.25, 0.3) is 5.78 Å². The topological polar surface area (TPSA) is 68.5 Å². The first-order valence-corrected chi connectivity index (χ1v) is 7.98. The summed E-state index contributed by atoms with van der Waals surface area (Å²) in [5.74, 6) is -4.48. The van der Waals surface area contributed by atoms with Gasteiger partial charge in [-0.3, -0.25) is 4.79 Å². The zero-order valence-corrected chi connectivity index (χ0v) is 15.4. The standard InChI is InChI=1S/C15H8Cl3F4NO4/c1-23-12(15(20,21)22)11(17)10(13(23)18)5-2-9(6(16)3-7(5)19)27-4-8(24)14(25)26/h2-3H,4H2,1H3,(H,25,26). The summed E-state index contributed by atoms with van der Waals surface area (Å²) >= 11 is 17.5. The zero-order chi connectivity index (χ0) is 20.7. The number of carboxylic acid groups (broad SMARTS) is 1. The normalized spacial score (nSPS) is 11.6. The minimum Gasteiger partial charge on any atom is -0.484 e. The first-order valence-electron chi connectivity index (χ1n) is 6.85. The van der Waals surface area contributed by atoms with E-state index in [-0.39, 0.29) is 10.8 Å². The van der Waals surface area contributed by atoms with Crippen molar-refractivity contribution < 1.29 is 37.0 Å². The van der Waals surface area contributed by atoms with Gasteiger partial charge in [-0.25, -0.2) is 9.18 Å². The number of ketones is 1. The minimum absolute atomic E-state index is 0.339. The van der Waals surface area contributed by atoms with Gasteiger partial charge in [-0.2, -0.15) is 13.2 Å². The van der Waals surface area contributed by atoms with Crippen LogP contribution >= 0.6 is 34.8 Å². The number of carboxylic acids is 1. The maximum Gasteiger partial charge on any atom is 0.432 e. The number of carbonyl (C=O) groups excluding carboxylic acids is 1.